The summed E-state index contributed by atoms with van der Waals surface area (Å²) in [5.41, 5.74) is 8.86. The molecule has 0 aliphatic carbocycles. The van der Waals surface area contributed by atoms with E-state index in [1.807, 2.05) is 64.9 Å². The molecule has 2 unspecified atom stereocenters. The topological polar surface area (TPSA) is 63.6 Å². The van der Waals surface area contributed by atoms with Gasteiger partial charge in [0.15, 0.2) is 0 Å². The Balaban J connectivity index is 1.41. The lowest BCUT2D eigenvalue weighted by atomic mass is 9.96. The van der Waals surface area contributed by atoms with Crippen molar-refractivity contribution in [2.75, 3.05) is 6.54 Å². The highest BCUT2D eigenvalue weighted by Crippen LogP contribution is 2.25. The van der Waals surface area contributed by atoms with Gasteiger partial charge in [-0.1, -0.05) is 6.07 Å². The standard InChI is InChI=1S/C22H26N4OS/c1-16(23)20-6-2-5-13-26(20)22(27)17-8-10-19(11-9-17)28-15-18-14-25-12-4-3-7-21(25)24-18/h3-4,7-12,14,16,20H,2,5-6,13,15,23H2,1H3. The highest BCUT2D eigenvalue weighted by Gasteiger charge is 2.29. The molecule has 1 amide bonds. The number of aromatic nitrogens is 2. The van der Waals surface area contributed by atoms with Gasteiger partial charge in [-0.15, -0.1) is 11.8 Å². The monoisotopic (exact) mass is 394 g/mol. The molecule has 4 rings (SSSR count). The maximum absolute atomic E-state index is 13.0. The second kappa shape index (κ2) is 8.37. The van der Waals surface area contributed by atoms with Gasteiger partial charge in [0.25, 0.3) is 5.91 Å². The highest BCUT2D eigenvalue weighted by atomic mass is 32.2. The average molecular weight is 395 g/mol. The Morgan fingerprint density at radius 3 is 2.82 bits per heavy atom. The van der Waals surface area contributed by atoms with Crippen LogP contribution < -0.4 is 5.73 Å². The molecule has 1 saturated heterocycles. The molecule has 2 N–H and O–H groups in total. The first-order valence-corrected chi connectivity index (χ1v) is 10.8. The fraction of sp³-hybridized carbons (Fsp3) is 0.364. The normalized spacial score (nSPS) is 18.4. The van der Waals surface area contributed by atoms with Crippen molar-refractivity contribution >= 4 is 23.3 Å². The number of thioether (sulfide) groups is 1. The molecular formula is C22H26N4OS. The molecule has 2 aromatic heterocycles. The minimum atomic E-state index is 0.00417. The molecule has 3 heterocycles. The van der Waals surface area contributed by atoms with E-state index in [-0.39, 0.29) is 18.0 Å². The first-order chi connectivity index (χ1) is 13.6. The van der Waals surface area contributed by atoms with Crippen molar-refractivity contribution in [2.24, 2.45) is 5.73 Å². The molecular weight excluding hydrogens is 368 g/mol. The molecule has 5 nitrogen and oxygen atoms in total. The van der Waals surface area contributed by atoms with E-state index in [0.717, 1.165) is 53.4 Å². The number of benzene rings is 1. The number of amides is 1. The zero-order chi connectivity index (χ0) is 19.5. The minimum Gasteiger partial charge on any atom is -0.334 e. The van der Waals surface area contributed by atoms with Crippen LogP contribution >= 0.6 is 11.8 Å². The number of imidazole rings is 1. The number of hydrogen-bond acceptors (Lipinski definition) is 4. The van der Waals surface area contributed by atoms with E-state index in [1.165, 1.54) is 0 Å². The first-order valence-electron chi connectivity index (χ1n) is 9.84. The van der Waals surface area contributed by atoms with Gasteiger partial charge in [-0.25, -0.2) is 4.98 Å². The number of carbonyl (C=O) groups excluding carboxylic acids is 1. The van der Waals surface area contributed by atoms with Crippen LogP contribution in [0.3, 0.4) is 0 Å². The van der Waals surface area contributed by atoms with Crippen LogP contribution in [-0.4, -0.2) is 38.8 Å². The zero-order valence-corrected chi connectivity index (χ0v) is 16.9. The number of nitrogens with two attached hydrogens (primary N) is 1. The van der Waals surface area contributed by atoms with Crippen molar-refractivity contribution in [1.29, 1.82) is 0 Å². The summed E-state index contributed by atoms with van der Waals surface area (Å²) in [4.78, 5) is 20.7. The van der Waals surface area contributed by atoms with Crippen LogP contribution in [0.25, 0.3) is 5.65 Å². The predicted octanol–water partition coefficient (Wildman–Crippen LogP) is 3.97. The van der Waals surface area contributed by atoms with Crippen LogP contribution in [0, 0.1) is 0 Å². The SMILES string of the molecule is CC(N)C1CCCCN1C(=O)c1ccc(SCc2cn3ccccc3n2)cc1. The van der Waals surface area contributed by atoms with Crippen LogP contribution in [0.15, 0.2) is 59.8 Å². The van der Waals surface area contributed by atoms with Crippen LogP contribution in [0.1, 0.15) is 42.2 Å². The van der Waals surface area contributed by atoms with Gasteiger partial charge in [-0.3, -0.25) is 4.79 Å². The Kier molecular flexibility index (Phi) is 5.69. The second-order valence-corrected chi connectivity index (χ2v) is 8.48. The fourth-order valence-electron chi connectivity index (χ4n) is 3.83. The lowest BCUT2D eigenvalue weighted by molar-refractivity contribution is 0.0584. The van der Waals surface area contributed by atoms with Gasteiger partial charge < -0.3 is 15.0 Å². The van der Waals surface area contributed by atoms with Crippen molar-refractivity contribution in [2.45, 2.75) is 48.9 Å². The largest absolute Gasteiger partial charge is 0.334 e. The molecule has 6 heteroatoms. The number of fused-ring (bicyclic) bond motifs is 1. The van der Waals surface area contributed by atoms with Gasteiger partial charge in [0.2, 0.25) is 0 Å². The Morgan fingerprint density at radius 1 is 1.25 bits per heavy atom. The average Bonchev–Trinajstić information content (AvgIpc) is 3.15. The molecule has 0 saturated carbocycles. The summed E-state index contributed by atoms with van der Waals surface area (Å²) in [5, 5.41) is 0. The van der Waals surface area contributed by atoms with Crippen LogP contribution in [0.5, 0.6) is 0 Å². The van der Waals surface area contributed by atoms with Gasteiger partial charge in [0.05, 0.1) is 5.69 Å². The number of nitrogens with zero attached hydrogens (tertiary/aromatic N) is 3. The number of carbonyl (C=O) groups is 1. The van der Waals surface area contributed by atoms with Crippen molar-refractivity contribution in [3.63, 3.8) is 0 Å². The Bertz CT molecular complexity index is 918. The molecule has 146 valence electrons. The van der Waals surface area contributed by atoms with E-state index >= 15 is 0 Å². The van der Waals surface area contributed by atoms with Crippen LogP contribution in [0.2, 0.25) is 0 Å². The third-order valence-electron chi connectivity index (χ3n) is 5.32. The summed E-state index contributed by atoms with van der Waals surface area (Å²) < 4.78 is 2.03. The van der Waals surface area contributed by atoms with Gasteiger partial charge in [0, 0.05) is 47.2 Å². The summed E-state index contributed by atoms with van der Waals surface area (Å²) in [6.07, 6.45) is 7.27. The van der Waals surface area contributed by atoms with E-state index in [0.29, 0.717) is 0 Å². The Morgan fingerprint density at radius 2 is 2.07 bits per heavy atom. The minimum absolute atomic E-state index is 0.00417. The number of hydrogen-bond donors (Lipinski definition) is 1. The number of likely N-dealkylation sites (tertiary alicyclic amines) is 1. The number of rotatable bonds is 5. The second-order valence-electron chi connectivity index (χ2n) is 7.43. The van der Waals surface area contributed by atoms with Gasteiger partial charge in [0.1, 0.15) is 5.65 Å². The zero-order valence-electron chi connectivity index (χ0n) is 16.1. The number of pyridine rings is 1. The molecule has 3 aromatic rings. The van der Waals surface area contributed by atoms with Crippen molar-refractivity contribution in [3.8, 4) is 0 Å². The quantitative estimate of drug-likeness (QED) is 0.665. The highest BCUT2D eigenvalue weighted by molar-refractivity contribution is 7.98. The molecule has 1 aliphatic rings. The Labute approximate surface area is 169 Å². The van der Waals surface area contributed by atoms with Crippen molar-refractivity contribution < 1.29 is 4.79 Å². The molecule has 1 fully saturated rings. The maximum atomic E-state index is 13.0. The maximum Gasteiger partial charge on any atom is 0.254 e. The van der Waals surface area contributed by atoms with Gasteiger partial charge in [-0.2, -0.15) is 0 Å². The number of piperidine rings is 1. The fourth-order valence-corrected chi connectivity index (χ4v) is 4.61. The summed E-state index contributed by atoms with van der Waals surface area (Å²) in [6.45, 7) is 2.80. The summed E-state index contributed by atoms with van der Waals surface area (Å²) in [5.74, 6) is 0.896. The van der Waals surface area contributed by atoms with Gasteiger partial charge in [-0.05, 0) is 62.6 Å². The van der Waals surface area contributed by atoms with Crippen LogP contribution in [-0.2, 0) is 5.75 Å². The van der Waals surface area contributed by atoms with Gasteiger partial charge >= 0.3 is 0 Å². The first kappa shape index (κ1) is 19.0. The molecule has 28 heavy (non-hydrogen) atoms. The third-order valence-corrected chi connectivity index (χ3v) is 6.36. The molecule has 0 radical (unpaired) electrons. The van der Waals surface area contributed by atoms with E-state index in [2.05, 4.69) is 11.2 Å². The molecule has 1 aromatic carbocycles. The lowest BCUT2D eigenvalue weighted by Gasteiger charge is -2.38. The summed E-state index contributed by atoms with van der Waals surface area (Å²) >= 11 is 1.73. The Hall–Kier alpha value is -2.31. The van der Waals surface area contributed by atoms with Crippen molar-refractivity contribution in [1.82, 2.24) is 14.3 Å². The van der Waals surface area contributed by atoms with E-state index in [9.17, 15) is 4.79 Å². The predicted molar refractivity (Wildman–Crippen MR) is 114 cm³/mol. The van der Waals surface area contributed by atoms with E-state index < -0.39 is 0 Å². The van der Waals surface area contributed by atoms with E-state index in [4.69, 9.17) is 5.73 Å². The van der Waals surface area contributed by atoms with Crippen LogP contribution in [0.4, 0.5) is 0 Å². The summed E-state index contributed by atoms with van der Waals surface area (Å²) in [6, 6.07) is 14.1. The lowest BCUT2D eigenvalue weighted by Crippen LogP contribution is -2.51. The summed E-state index contributed by atoms with van der Waals surface area (Å²) in [7, 11) is 0. The third kappa shape index (κ3) is 4.08. The molecule has 0 bridgehead atoms. The molecule has 1 aliphatic heterocycles. The molecule has 0 spiro atoms. The molecule has 2 atom stereocenters. The smallest absolute Gasteiger partial charge is 0.254 e. The van der Waals surface area contributed by atoms with E-state index in [1.54, 1.807) is 11.8 Å². The van der Waals surface area contributed by atoms with Crippen molar-refractivity contribution in [3.05, 3.63) is 66.1 Å².